The number of fused-ring (bicyclic) bond motifs is 2. The number of hydrogen-bond acceptors (Lipinski definition) is 5. The van der Waals surface area contributed by atoms with Crippen molar-refractivity contribution < 1.29 is 18.6 Å². The lowest BCUT2D eigenvalue weighted by Gasteiger charge is -2.13. The van der Waals surface area contributed by atoms with Crippen LogP contribution in [0.4, 0.5) is 4.39 Å². The zero-order chi connectivity index (χ0) is 20.4. The lowest BCUT2D eigenvalue weighted by molar-refractivity contribution is 0.296. The Bertz CT molecular complexity index is 1180. The number of hydrogen-bond donors (Lipinski definition) is 1. The van der Waals surface area contributed by atoms with Crippen LogP contribution < -0.4 is 14.2 Å². The summed E-state index contributed by atoms with van der Waals surface area (Å²) in [5.74, 6) is 1.18. The van der Waals surface area contributed by atoms with E-state index in [0.29, 0.717) is 40.1 Å². The summed E-state index contributed by atoms with van der Waals surface area (Å²) in [6.07, 6.45) is 2.32. The Morgan fingerprint density at radius 2 is 1.93 bits per heavy atom. The van der Waals surface area contributed by atoms with Crippen LogP contribution in [0.25, 0.3) is 21.8 Å². The average molecular weight is 460 g/mol. The van der Waals surface area contributed by atoms with Gasteiger partial charge in [0.2, 0.25) is 0 Å². The van der Waals surface area contributed by atoms with Crippen molar-refractivity contribution in [3.63, 3.8) is 0 Å². The van der Waals surface area contributed by atoms with E-state index in [0.717, 1.165) is 23.0 Å². The van der Waals surface area contributed by atoms with Gasteiger partial charge in [-0.05, 0) is 37.6 Å². The van der Waals surface area contributed by atoms with Crippen LogP contribution in [0.1, 0.15) is 12.1 Å². The highest BCUT2D eigenvalue weighted by Gasteiger charge is 2.16. The minimum absolute atomic E-state index is 0.113. The van der Waals surface area contributed by atoms with Gasteiger partial charge in [-0.3, -0.25) is 0 Å². The Labute approximate surface area is 175 Å². The first-order chi connectivity index (χ1) is 14.1. The lowest BCUT2D eigenvalue weighted by atomic mass is 10.2. The second-order valence-corrected chi connectivity index (χ2v) is 7.31. The summed E-state index contributed by atoms with van der Waals surface area (Å²) in [7, 11) is 1.56. The highest BCUT2D eigenvalue weighted by molar-refractivity contribution is 9.09. The van der Waals surface area contributed by atoms with Gasteiger partial charge < -0.3 is 19.2 Å². The normalized spacial score (nSPS) is 11.2. The third-order valence-corrected chi connectivity index (χ3v) is 5.04. The Balaban J connectivity index is 1.73. The fourth-order valence-electron chi connectivity index (χ4n) is 3.12. The fourth-order valence-corrected chi connectivity index (χ4v) is 3.35. The van der Waals surface area contributed by atoms with Crippen molar-refractivity contribution in [2.24, 2.45) is 0 Å². The fraction of sp³-hybridized carbons (Fsp3) is 0.238. The second kappa shape index (κ2) is 8.24. The molecule has 29 heavy (non-hydrogen) atoms. The number of halogens is 2. The molecule has 2 aromatic carbocycles. The van der Waals surface area contributed by atoms with E-state index in [4.69, 9.17) is 14.2 Å². The highest BCUT2D eigenvalue weighted by Crippen LogP contribution is 2.38. The van der Waals surface area contributed by atoms with Crippen LogP contribution >= 0.6 is 15.9 Å². The van der Waals surface area contributed by atoms with Crippen LogP contribution in [0, 0.1) is 12.7 Å². The van der Waals surface area contributed by atoms with Crippen LogP contribution in [0.2, 0.25) is 0 Å². The summed E-state index contributed by atoms with van der Waals surface area (Å²) in [5, 5.41) is 10.1. The smallest absolute Gasteiger partial charge is 0.175 e. The number of aryl methyl sites for hydroxylation is 1. The summed E-state index contributed by atoms with van der Waals surface area (Å²) < 4.78 is 32.0. The maximum Gasteiger partial charge on any atom is 0.175 e. The Hall–Kier alpha value is -2.87. The minimum atomic E-state index is -0.432. The molecule has 1 N–H and O–H groups in total. The van der Waals surface area contributed by atoms with Crippen LogP contribution in [0.15, 0.2) is 36.5 Å². The number of benzene rings is 2. The molecule has 8 heteroatoms. The number of methoxy groups -OCH3 is 1. The molecule has 0 aliphatic heterocycles. The van der Waals surface area contributed by atoms with Gasteiger partial charge in [-0.1, -0.05) is 15.9 Å². The maximum absolute atomic E-state index is 14.9. The standard InChI is InChI=1S/C21H19BrFN3O3/c1-12-8-14-15(25-12)4-5-17(21(14)23)29-20-11-24-26-16-10-19(28-7-3-6-22)18(27-2)9-13(16)20/h4-5,8-11,25H,3,6-7H2,1-2H3. The molecule has 2 aromatic heterocycles. The molecule has 4 aromatic rings. The van der Waals surface area contributed by atoms with Crippen molar-refractivity contribution in [1.82, 2.24) is 15.2 Å². The molecule has 0 amide bonds. The van der Waals surface area contributed by atoms with E-state index in [1.807, 2.05) is 6.92 Å². The lowest BCUT2D eigenvalue weighted by Crippen LogP contribution is -2.01. The first-order valence-corrected chi connectivity index (χ1v) is 10.2. The molecule has 0 unspecified atom stereocenters. The topological polar surface area (TPSA) is 69.3 Å². The van der Waals surface area contributed by atoms with E-state index < -0.39 is 5.82 Å². The number of alkyl halides is 1. The Morgan fingerprint density at radius 3 is 2.72 bits per heavy atom. The molecule has 0 aliphatic carbocycles. The summed E-state index contributed by atoms with van der Waals surface area (Å²) >= 11 is 3.38. The molecule has 0 saturated heterocycles. The SMILES string of the molecule is COc1cc2c(Oc3ccc4[nH]c(C)cc4c3F)cnnc2cc1OCCCBr. The van der Waals surface area contributed by atoms with Gasteiger partial charge in [0.05, 0.1) is 25.3 Å². The van der Waals surface area contributed by atoms with Gasteiger partial charge in [0, 0.05) is 28.0 Å². The molecule has 6 nitrogen and oxygen atoms in total. The van der Waals surface area contributed by atoms with Crippen LogP contribution in [0.5, 0.6) is 23.0 Å². The number of nitrogens with zero attached hydrogens (tertiary/aromatic N) is 2. The van der Waals surface area contributed by atoms with Crippen LogP contribution in [0.3, 0.4) is 0 Å². The van der Waals surface area contributed by atoms with Crippen molar-refractivity contribution in [2.45, 2.75) is 13.3 Å². The molecule has 0 fully saturated rings. The third kappa shape index (κ3) is 3.85. The molecule has 0 bridgehead atoms. The van der Waals surface area contributed by atoms with Gasteiger partial charge in [-0.15, -0.1) is 0 Å². The van der Waals surface area contributed by atoms with Crippen molar-refractivity contribution in [1.29, 1.82) is 0 Å². The summed E-state index contributed by atoms with van der Waals surface area (Å²) in [4.78, 5) is 3.11. The Morgan fingerprint density at radius 1 is 1.07 bits per heavy atom. The van der Waals surface area contributed by atoms with Gasteiger partial charge in [0.25, 0.3) is 0 Å². The summed E-state index contributed by atoms with van der Waals surface area (Å²) in [5.41, 5.74) is 2.16. The molecule has 4 rings (SSSR count). The first kappa shape index (κ1) is 19.4. The van der Waals surface area contributed by atoms with E-state index in [1.165, 1.54) is 6.20 Å². The van der Waals surface area contributed by atoms with Crippen molar-refractivity contribution in [2.75, 3.05) is 19.0 Å². The first-order valence-electron chi connectivity index (χ1n) is 9.08. The minimum Gasteiger partial charge on any atom is -0.493 e. The monoisotopic (exact) mass is 459 g/mol. The Kier molecular flexibility index (Phi) is 5.53. The molecule has 2 heterocycles. The largest absolute Gasteiger partial charge is 0.493 e. The van der Waals surface area contributed by atoms with E-state index in [2.05, 4.69) is 31.1 Å². The molecule has 0 atom stereocenters. The van der Waals surface area contributed by atoms with Gasteiger partial charge >= 0.3 is 0 Å². The van der Waals surface area contributed by atoms with E-state index in [1.54, 1.807) is 37.4 Å². The maximum atomic E-state index is 14.9. The van der Waals surface area contributed by atoms with Gasteiger partial charge in [0.1, 0.15) is 5.52 Å². The molecule has 0 radical (unpaired) electrons. The third-order valence-electron chi connectivity index (χ3n) is 4.48. The van der Waals surface area contributed by atoms with Crippen molar-refractivity contribution in [3.8, 4) is 23.0 Å². The molecule has 150 valence electrons. The van der Waals surface area contributed by atoms with Crippen molar-refractivity contribution in [3.05, 3.63) is 48.0 Å². The molecule has 0 spiro atoms. The number of aromatic nitrogens is 3. The van der Waals surface area contributed by atoms with E-state index in [-0.39, 0.29) is 5.75 Å². The number of aromatic amines is 1. The van der Waals surface area contributed by atoms with Crippen LogP contribution in [-0.4, -0.2) is 34.2 Å². The number of ether oxygens (including phenoxy) is 3. The van der Waals surface area contributed by atoms with Crippen LogP contribution in [-0.2, 0) is 0 Å². The molecule has 0 aliphatic rings. The highest BCUT2D eigenvalue weighted by atomic mass is 79.9. The second-order valence-electron chi connectivity index (χ2n) is 6.51. The van der Waals surface area contributed by atoms with Crippen molar-refractivity contribution >= 4 is 37.7 Å². The number of H-pyrrole nitrogens is 1. The number of rotatable bonds is 7. The predicted octanol–water partition coefficient (Wildman–Crippen LogP) is 5.52. The predicted molar refractivity (Wildman–Crippen MR) is 113 cm³/mol. The van der Waals surface area contributed by atoms with E-state index in [9.17, 15) is 4.39 Å². The molecular formula is C21H19BrFN3O3. The van der Waals surface area contributed by atoms with Gasteiger partial charge in [0.15, 0.2) is 28.8 Å². The quantitative estimate of drug-likeness (QED) is 0.291. The van der Waals surface area contributed by atoms with E-state index >= 15 is 0 Å². The summed E-state index contributed by atoms with van der Waals surface area (Å²) in [6, 6.07) is 8.64. The van der Waals surface area contributed by atoms with Gasteiger partial charge in [-0.25, -0.2) is 4.39 Å². The summed E-state index contributed by atoms with van der Waals surface area (Å²) in [6.45, 7) is 2.42. The zero-order valence-corrected chi connectivity index (χ0v) is 17.5. The number of nitrogens with one attached hydrogen (secondary N) is 1. The average Bonchev–Trinajstić information content (AvgIpc) is 3.11. The van der Waals surface area contributed by atoms with Gasteiger partial charge in [-0.2, -0.15) is 10.2 Å². The molecule has 0 saturated carbocycles. The zero-order valence-electron chi connectivity index (χ0n) is 16.0. The molecular weight excluding hydrogens is 441 g/mol.